The molecule has 7 atom stereocenters. The molecule has 9 nitrogen and oxygen atoms in total. The molecule has 148 valence electrons. The monoisotopic (exact) mass is 381 g/mol. The Bertz CT molecular complexity index is 699. The normalized spacial score (nSPS) is 38.3. The lowest BCUT2D eigenvalue weighted by Crippen LogP contribution is -2.64. The standard InChI is InChI=1S/C18H23NO8/c1-8-5-14(22)26-12-6-10(3-4-11(8)12)25-18-15(19-9(2)21)17(24)16(23)13(7-20)27-18/h3-6,11-13,15-18,20,23-24H,7H2,1-2H3,(H,19,21). The van der Waals surface area contributed by atoms with Crippen molar-refractivity contribution < 1.29 is 39.1 Å². The van der Waals surface area contributed by atoms with Crippen molar-refractivity contribution >= 4 is 11.9 Å². The fourth-order valence-corrected chi connectivity index (χ4v) is 3.38. The van der Waals surface area contributed by atoms with Gasteiger partial charge < -0.3 is 34.8 Å². The molecule has 9 heteroatoms. The van der Waals surface area contributed by atoms with Gasteiger partial charge in [0.15, 0.2) is 0 Å². The van der Waals surface area contributed by atoms with Gasteiger partial charge in [-0.05, 0) is 19.1 Å². The molecule has 27 heavy (non-hydrogen) atoms. The first-order valence-electron chi connectivity index (χ1n) is 8.65. The molecule has 0 bridgehead atoms. The van der Waals surface area contributed by atoms with Gasteiger partial charge in [-0.1, -0.05) is 11.6 Å². The molecule has 4 N–H and O–H groups in total. The molecule has 0 aromatic heterocycles. The summed E-state index contributed by atoms with van der Waals surface area (Å²) in [6, 6.07) is -1.05. The van der Waals surface area contributed by atoms with E-state index in [9.17, 15) is 24.9 Å². The number of amides is 1. The van der Waals surface area contributed by atoms with Crippen molar-refractivity contribution in [3.63, 3.8) is 0 Å². The van der Waals surface area contributed by atoms with E-state index in [1.54, 1.807) is 12.2 Å². The zero-order chi connectivity index (χ0) is 19.7. The Morgan fingerprint density at radius 2 is 2.07 bits per heavy atom. The van der Waals surface area contributed by atoms with Crippen LogP contribution in [0.15, 0.2) is 35.6 Å². The predicted molar refractivity (Wildman–Crippen MR) is 90.8 cm³/mol. The van der Waals surface area contributed by atoms with Crippen LogP contribution in [0.25, 0.3) is 0 Å². The van der Waals surface area contributed by atoms with Crippen molar-refractivity contribution in [3.8, 4) is 0 Å². The second-order valence-corrected chi connectivity index (χ2v) is 6.79. The van der Waals surface area contributed by atoms with E-state index in [0.29, 0.717) is 5.76 Å². The van der Waals surface area contributed by atoms with Gasteiger partial charge in [-0.3, -0.25) is 4.79 Å². The minimum absolute atomic E-state index is 0.0916. The van der Waals surface area contributed by atoms with Crippen LogP contribution in [0.3, 0.4) is 0 Å². The molecule has 0 aromatic carbocycles. The van der Waals surface area contributed by atoms with E-state index in [4.69, 9.17) is 14.2 Å². The highest BCUT2D eigenvalue weighted by Gasteiger charge is 2.46. The molecular weight excluding hydrogens is 358 g/mol. The quantitative estimate of drug-likeness (QED) is 0.450. The van der Waals surface area contributed by atoms with Gasteiger partial charge in [-0.25, -0.2) is 4.79 Å². The van der Waals surface area contributed by atoms with Crippen LogP contribution in [0, 0.1) is 5.92 Å². The Hall–Kier alpha value is -2.20. The van der Waals surface area contributed by atoms with E-state index in [1.165, 1.54) is 13.0 Å². The summed E-state index contributed by atoms with van der Waals surface area (Å²) in [5.74, 6) is -0.657. The zero-order valence-corrected chi connectivity index (χ0v) is 14.9. The minimum atomic E-state index is -1.40. The largest absolute Gasteiger partial charge is 0.463 e. The maximum absolute atomic E-state index is 11.6. The third kappa shape index (κ3) is 4.06. The minimum Gasteiger partial charge on any atom is -0.463 e. The van der Waals surface area contributed by atoms with E-state index >= 15 is 0 Å². The van der Waals surface area contributed by atoms with Crippen molar-refractivity contribution in [1.29, 1.82) is 0 Å². The van der Waals surface area contributed by atoms with Gasteiger partial charge >= 0.3 is 5.97 Å². The molecule has 1 saturated heterocycles. The lowest BCUT2D eigenvalue weighted by atomic mass is 9.88. The smallest absolute Gasteiger partial charge is 0.331 e. The highest BCUT2D eigenvalue weighted by atomic mass is 16.7. The van der Waals surface area contributed by atoms with E-state index in [2.05, 4.69) is 5.32 Å². The number of aliphatic hydroxyl groups excluding tert-OH is 3. The summed E-state index contributed by atoms with van der Waals surface area (Å²) in [6.07, 6.45) is 0.990. The summed E-state index contributed by atoms with van der Waals surface area (Å²) in [7, 11) is 0. The predicted octanol–water partition coefficient (Wildman–Crippen LogP) is -1.11. The maximum Gasteiger partial charge on any atom is 0.331 e. The van der Waals surface area contributed by atoms with Crippen LogP contribution < -0.4 is 5.32 Å². The van der Waals surface area contributed by atoms with Crippen LogP contribution in [-0.2, 0) is 23.8 Å². The first-order chi connectivity index (χ1) is 12.8. The summed E-state index contributed by atoms with van der Waals surface area (Å²) in [5.41, 5.74) is 0.867. The van der Waals surface area contributed by atoms with Gasteiger partial charge in [-0.2, -0.15) is 0 Å². The van der Waals surface area contributed by atoms with Crippen molar-refractivity contribution in [3.05, 3.63) is 35.6 Å². The van der Waals surface area contributed by atoms with E-state index in [-0.39, 0.29) is 5.92 Å². The van der Waals surface area contributed by atoms with E-state index < -0.39 is 55.2 Å². The summed E-state index contributed by atoms with van der Waals surface area (Å²) >= 11 is 0. The number of carbonyl (C=O) groups is 2. The number of hydrogen-bond donors (Lipinski definition) is 4. The molecular formula is C18H23NO8. The number of nitrogens with one attached hydrogen (secondary N) is 1. The third-order valence-corrected chi connectivity index (χ3v) is 4.78. The Morgan fingerprint density at radius 1 is 1.33 bits per heavy atom. The van der Waals surface area contributed by atoms with Crippen molar-refractivity contribution in [2.24, 2.45) is 5.92 Å². The van der Waals surface area contributed by atoms with Gasteiger partial charge in [0, 0.05) is 18.9 Å². The van der Waals surface area contributed by atoms with Crippen LogP contribution >= 0.6 is 0 Å². The molecule has 2 aliphatic heterocycles. The van der Waals surface area contributed by atoms with Crippen molar-refractivity contribution in [1.82, 2.24) is 5.32 Å². The van der Waals surface area contributed by atoms with E-state index in [0.717, 1.165) is 5.57 Å². The van der Waals surface area contributed by atoms with Crippen LogP contribution in [0.5, 0.6) is 0 Å². The Morgan fingerprint density at radius 3 is 2.74 bits per heavy atom. The molecule has 2 heterocycles. The molecule has 1 fully saturated rings. The Labute approximate surface area is 155 Å². The number of carbonyl (C=O) groups excluding carboxylic acids is 2. The van der Waals surface area contributed by atoms with Gasteiger partial charge in [-0.15, -0.1) is 0 Å². The molecule has 3 rings (SSSR count). The van der Waals surface area contributed by atoms with Crippen molar-refractivity contribution in [2.45, 2.75) is 50.6 Å². The average molecular weight is 381 g/mol. The number of ether oxygens (including phenoxy) is 3. The number of hydrogen-bond acceptors (Lipinski definition) is 8. The average Bonchev–Trinajstić information content (AvgIpc) is 2.60. The number of rotatable bonds is 4. The maximum atomic E-state index is 11.6. The molecule has 3 aliphatic rings. The number of allylic oxidation sites excluding steroid dienone is 1. The fraction of sp³-hybridized carbons (Fsp3) is 0.556. The molecule has 0 spiro atoms. The van der Waals surface area contributed by atoms with Crippen LogP contribution in [0.1, 0.15) is 13.8 Å². The van der Waals surface area contributed by atoms with Crippen LogP contribution in [0.2, 0.25) is 0 Å². The summed E-state index contributed by atoms with van der Waals surface area (Å²) in [6.45, 7) is 2.56. The van der Waals surface area contributed by atoms with Gasteiger partial charge in [0.1, 0.15) is 36.2 Å². The first-order valence-corrected chi connectivity index (χ1v) is 8.65. The van der Waals surface area contributed by atoms with Crippen LogP contribution in [-0.4, -0.2) is 70.6 Å². The lowest BCUT2D eigenvalue weighted by molar-refractivity contribution is -0.258. The summed E-state index contributed by atoms with van der Waals surface area (Å²) in [5, 5.41) is 32.2. The number of aliphatic hydroxyl groups is 3. The number of fused-ring (bicyclic) bond motifs is 1. The first kappa shape index (κ1) is 19.6. The molecule has 0 aromatic rings. The SMILES string of the molecule is CC(=O)NC1C(OC2=CC3OC(=O)C=C(C)C3C=C2)OC(CO)C(O)C1O. The molecule has 0 saturated carbocycles. The highest BCUT2D eigenvalue weighted by Crippen LogP contribution is 2.32. The van der Waals surface area contributed by atoms with E-state index in [1.807, 2.05) is 13.0 Å². The zero-order valence-electron chi connectivity index (χ0n) is 14.9. The second kappa shape index (κ2) is 7.81. The van der Waals surface area contributed by atoms with Crippen LogP contribution in [0.4, 0.5) is 0 Å². The molecule has 0 radical (unpaired) electrons. The molecule has 7 unspecified atom stereocenters. The van der Waals surface area contributed by atoms with Gasteiger partial charge in [0.2, 0.25) is 12.2 Å². The van der Waals surface area contributed by atoms with Gasteiger partial charge in [0.25, 0.3) is 0 Å². The fourth-order valence-electron chi connectivity index (χ4n) is 3.38. The topological polar surface area (TPSA) is 135 Å². The Kier molecular flexibility index (Phi) is 5.66. The summed E-state index contributed by atoms with van der Waals surface area (Å²) < 4.78 is 16.6. The third-order valence-electron chi connectivity index (χ3n) is 4.78. The van der Waals surface area contributed by atoms with Gasteiger partial charge in [0.05, 0.1) is 6.61 Å². The molecule has 1 aliphatic carbocycles. The lowest BCUT2D eigenvalue weighted by Gasteiger charge is -2.42. The summed E-state index contributed by atoms with van der Waals surface area (Å²) in [4.78, 5) is 23.1. The second-order valence-electron chi connectivity index (χ2n) is 6.79. The highest BCUT2D eigenvalue weighted by molar-refractivity contribution is 5.84. The number of esters is 1. The van der Waals surface area contributed by atoms with Crippen molar-refractivity contribution in [2.75, 3.05) is 6.61 Å². The molecule has 1 amide bonds. The Balaban J connectivity index is 1.78.